The zero-order valence-electron chi connectivity index (χ0n) is 13.9. The number of aliphatic carboxylic acids is 1. The van der Waals surface area contributed by atoms with Crippen molar-refractivity contribution in [3.8, 4) is 0 Å². The Kier molecular flexibility index (Phi) is 5.77. The number of thioether (sulfide) groups is 1. The average molecular weight is 364 g/mol. The van der Waals surface area contributed by atoms with Crippen molar-refractivity contribution in [2.75, 3.05) is 31.2 Å². The summed E-state index contributed by atoms with van der Waals surface area (Å²) in [5.41, 5.74) is 0. The Morgan fingerprint density at radius 2 is 2.24 bits per heavy atom. The van der Waals surface area contributed by atoms with Crippen molar-refractivity contribution >= 4 is 29.7 Å². The molecule has 1 aliphatic rings. The SMILES string of the molecule is CCCc1nc(S/C(=C\c2ccc(N3CCOCC3)o2)C(=O)O)n[nH]1. The summed E-state index contributed by atoms with van der Waals surface area (Å²) in [5.74, 6) is 0.904. The number of nitrogens with zero attached hydrogens (tertiary/aromatic N) is 3. The van der Waals surface area contributed by atoms with E-state index in [4.69, 9.17) is 9.15 Å². The number of morpholine rings is 1. The van der Waals surface area contributed by atoms with Gasteiger partial charge in [-0.25, -0.2) is 9.78 Å². The quantitative estimate of drug-likeness (QED) is 0.570. The van der Waals surface area contributed by atoms with Gasteiger partial charge >= 0.3 is 5.97 Å². The van der Waals surface area contributed by atoms with Gasteiger partial charge in [0.1, 0.15) is 16.5 Å². The van der Waals surface area contributed by atoms with Crippen molar-refractivity contribution < 1.29 is 19.1 Å². The fraction of sp³-hybridized carbons (Fsp3) is 0.438. The predicted molar refractivity (Wildman–Crippen MR) is 93.6 cm³/mol. The summed E-state index contributed by atoms with van der Waals surface area (Å²) in [5, 5.41) is 16.7. The van der Waals surface area contributed by atoms with Crippen molar-refractivity contribution in [2.24, 2.45) is 0 Å². The summed E-state index contributed by atoms with van der Waals surface area (Å²) in [6.07, 6.45) is 3.21. The highest BCUT2D eigenvalue weighted by atomic mass is 32.2. The van der Waals surface area contributed by atoms with Crippen LogP contribution in [0.2, 0.25) is 0 Å². The van der Waals surface area contributed by atoms with Crippen LogP contribution < -0.4 is 4.90 Å². The van der Waals surface area contributed by atoms with Crippen LogP contribution >= 0.6 is 11.8 Å². The standard InChI is InChI=1S/C16H20N4O4S/c1-2-3-13-17-16(19-18-13)25-12(15(21)22)10-11-4-5-14(24-11)20-6-8-23-9-7-20/h4-5,10H,2-3,6-9H2,1H3,(H,21,22)(H,17,18,19)/b12-10-. The van der Waals surface area contributed by atoms with Gasteiger partial charge < -0.3 is 19.2 Å². The van der Waals surface area contributed by atoms with Crippen LogP contribution in [0.3, 0.4) is 0 Å². The average Bonchev–Trinajstić information content (AvgIpc) is 3.25. The second-order valence-corrected chi connectivity index (χ2v) is 6.52. The Hall–Kier alpha value is -2.26. The van der Waals surface area contributed by atoms with Gasteiger partial charge in [0, 0.05) is 31.7 Å². The van der Waals surface area contributed by atoms with E-state index < -0.39 is 5.97 Å². The van der Waals surface area contributed by atoms with Crippen molar-refractivity contribution in [3.05, 3.63) is 28.6 Å². The van der Waals surface area contributed by atoms with Gasteiger partial charge in [0.2, 0.25) is 5.16 Å². The van der Waals surface area contributed by atoms with Gasteiger partial charge in [-0.2, -0.15) is 0 Å². The zero-order chi connectivity index (χ0) is 17.6. The molecule has 1 fully saturated rings. The van der Waals surface area contributed by atoms with E-state index in [0.717, 1.165) is 43.5 Å². The number of ether oxygens (including phenoxy) is 1. The molecule has 1 saturated heterocycles. The maximum atomic E-state index is 11.5. The molecule has 0 unspecified atom stereocenters. The maximum Gasteiger partial charge on any atom is 0.342 e. The van der Waals surface area contributed by atoms with E-state index >= 15 is 0 Å². The first-order chi connectivity index (χ1) is 12.2. The molecule has 2 aromatic heterocycles. The minimum atomic E-state index is -1.05. The summed E-state index contributed by atoms with van der Waals surface area (Å²) in [6, 6.07) is 3.60. The molecule has 0 amide bonds. The Morgan fingerprint density at radius 3 is 2.96 bits per heavy atom. The van der Waals surface area contributed by atoms with E-state index in [-0.39, 0.29) is 4.91 Å². The van der Waals surface area contributed by atoms with Crippen LogP contribution in [0.25, 0.3) is 6.08 Å². The first-order valence-electron chi connectivity index (χ1n) is 8.12. The molecule has 0 bridgehead atoms. The van der Waals surface area contributed by atoms with Crippen LogP contribution in [-0.2, 0) is 16.0 Å². The number of carboxylic acid groups (broad SMARTS) is 1. The lowest BCUT2D eigenvalue weighted by atomic mass is 10.3. The van der Waals surface area contributed by atoms with Gasteiger partial charge in [-0.05, 0) is 24.2 Å². The van der Waals surface area contributed by atoms with E-state index in [1.807, 2.05) is 13.0 Å². The van der Waals surface area contributed by atoms with Gasteiger partial charge in [-0.3, -0.25) is 5.10 Å². The topological polar surface area (TPSA) is 104 Å². The molecule has 3 rings (SSSR count). The van der Waals surface area contributed by atoms with E-state index in [2.05, 4.69) is 20.1 Å². The second kappa shape index (κ2) is 8.21. The molecule has 0 spiro atoms. The third kappa shape index (κ3) is 4.64. The van der Waals surface area contributed by atoms with Crippen LogP contribution in [-0.4, -0.2) is 52.6 Å². The molecule has 8 nitrogen and oxygen atoms in total. The van der Waals surface area contributed by atoms with Crippen LogP contribution in [0.1, 0.15) is 24.9 Å². The molecule has 9 heteroatoms. The highest BCUT2D eigenvalue weighted by Gasteiger charge is 2.17. The number of carboxylic acids is 1. The van der Waals surface area contributed by atoms with Gasteiger partial charge in [0.15, 0.2) is 5.88 Å². The predicted octanol–water partition coefficient (Wildman–Crippen LogP) is 2.40. The molecule has 0 aliphatic carbocycles. The normalized spacial score (nSPS) is 15.6. The van der Waals surface area contributed by atoms with E-state index in [9.17, 15) is 9.90 Å². The molecule has 25 heavy (non-hydrogen) atoms. The van der Waals surface area contributed by atoms with Gasteiger partial charge in [0.05, 0.1) is 13.2 Å². The molecule has 0 atom stereocenters. The van der Waals surface area contributed by atoms with Crippen molar-refractivity contribution in [3.63, 3.8) is 0 Å². The number of furan rings is 1. The Balaban J connectivity index is 1.73. The smallest absolute Gasteiger partial charge is 0.342 e. The summed E-state index contributed by atoms with van der Waals surface area (Å²) < 4.78 is 11.1. The molecule has 134 valence electrons. The fourth-order valence-corrected chi connectivity index (χ4v) is 3.11. The number of anilines is 1. The largest absolute Gasteiger partial charge is 0.477 e. The minimum absolute atomic E-state index is 0.102. The number of aryl methyl sites for hydroxylation is 1. The monoisotopic (exact) mass is 364 g/mol. The van der Waals surface area contributed by atoms with Crippen molar-refractivity contribution in [2.45, 2.75) is 24.9 Å². The summed E-state index contributed by atoms with van der Waals surface area (Å²) in [4.78, 5) is 18.0. The molecule has 3 heterocycles. The first-order valence-corrected chi connectivity index (χ1v) is 8.94. The third-order valence-corrected chi connectivity index (χ3v) is 4.50. The molecule has 0 saturated carbocycles. The Bertz CT molecular complexity index is 749. The lowest BCUT2D eigenvalue weighted by Crippen LogP contribution is -2.35. The van der Waals surface area contributed by atoms with E-state index in [0.29, 0.717) is 30.0 Å². The fourth-order valence-electron chi connectivity index (χ4n) is 2.41. The molecule has 2 aromatic rings. The number of H-pyrrole nitrogens is 1. The summed E-state index contributed by atoms with van der Waals surface area (Å²) in [7, 11) is 0. The van der Waals surface area contributed by atoms with Crippen molar-refractivity contribution in [1.82, 2.24) is 15.2 Å². The van der Waals surface area contributed by atoms with Gasteiger partial charge in [-0.1, -0.05) is 6.92 Å². The second-order valence-electron chi connectivity index (χ2n) is 5.51. The molecule has 2 N–H and O–H groups in total. The first kappa shape index (κ1) is 17.6. The zero-order valence-corrected chi connectivity index (χ0v) is 14.7. The number of aromatic amines is 1. The number of hydrogen-bond donors (Lipinski definition) is 2. The van der Waals surface area contributed by atoms with E-state index in [1.165, 1.54) is 6.08 Å². The Labute approximate surface area is 149 Å². The minimum Gasteiger partial charge on any atom is -0.477 e. The molecule has 0 radical (unpaired) electrons. The van der Waals surface area contributed by atoms with Gasteiger partial charge in [-0.15, -0.1) is 5.10 Å². The number of aromatic nitrogens is 3. The van der Waals surface area contributed by atoms with Crippen LogP contribution in [0, 0.1) is 0 Å². The molecular weight excluding hydrogens is 344 g/mol. The molecular formula is C16H20N4O4S. The molecule has 1 aliphatic heterocycles. The Morgan fingerprint density at radius 1 is 1.44 bits per heavy atom. The van der Waals surface area contributed by atoms with Crippen molar-refractivity contribution in [1.29, 1.82) is 0 Å². The van der Waals surface area contributed by atoms with Crippen LogP contribution in [0.15, 0.2) is 26.6 Å². The van der Waals surface area contributed by atoms with Crippen LogP contribution in [0.4, 0.5) is 5.88 Å². The number of nitrogens with one attached hydrogen (secondary N) is 1. The molecule has 0 aromatic carbocycles. The number of rotatable bonds is 7. The summed E-state index contributed by atoms with van der Waals surface area (Å²) >= 11 is 0.998. The lowest BCUT2D eigenvalue weighted by molar-refractivity contribution is -0.131. The van der Waals surface area contributed by atoms with E-state index in [1.54, 1.807) is 6.07 Å². The highest BCUT2D eigenvalue weighted by Crippen LogP contribution is 2.28. The third-order valence-electron chi connectivity index (χ3n) is 3.62. The maximum absolute atomic E-state index is 11.5. The van der Waals surface area contributed by atoms with Crippen LogP contribution in [0.5, 0.6) is 0 Å². The van der Waals surface area contributed by atoms with Gasteiger partial charge in [0.25, 0.3) is 0 Å². The number of hydrogen-bond acceptors (Lipinski definition) is 7. The number of carbonyl (C=O) groups is 1. The lowest BCUT2D eigenvalue weighted by Gasteiger charge is -2.26. The summed E-state index contributed by atoms with van der Waals surface area (Å²) in [6.45, 7) is 4.88. The highest BCUT2D eigenvalue weighted by molar-refractivity contribution is 8.04.